The molecule has 2 heterocycles. The molecule has 74 valence electrons. The Balaban J connectivity index is 2.31. The normalized spacial score (nSPS) is 13.0. The van der Waals surface area contributed by atoms with E-state index in [0.717, 1.165) is 11.5 Å². The van der Waals surface area contributed by atoms with Crippen LogP contribution in [0.2, 0.25) is 5.22 Å². The summed E-state index contributed by atoms with van der Waals surface area (Å²) in [5, 5.41) is 5.46. The number of aromatic nitrogens is 1. The molecule has 0 saturated carbocycles. The van der Waals surface area contributed by atoms with E-state index in [-0.39, 0.29) is 6.04 Å². The third-order valence-corrected chi connectivity index (χ3v) is 2.70. The molecular weight excluding hydrogens is 220 g/mol. The molecule has 1 atom stereocenters. The van der Waals surface area contributed by atoms with Crippen molar-refractivity contribution in [1.82, 2.24) is 9.69 Å². The Morgan fingerprint density at radius 1 is 1.50 bits per heavy atom. The molecule has 0 aromatic carbocycles. The van der Waals surface area contributed by atoms with Crippen molar-refractivity contribution in [3.63, 3.8) is 0 Å². The Kier molecular flexibility index (Phi) is 2.86. The van der Waals surface area contributed by atoms with Crippen molar-refractivity contribution < 1.29 is 4.42 Å². The highest BCUT2D eigenvalue weighted by Crippen LogP contribution is 2.24. The van der Waals surface area contributed by atoms with Crippen LogP contribution in [-0.2, 0) is 0 Å². The van der Waals surface area contributed by atoms with Crippen LogP contribution in [0.15, 0.2) is 28.0 Å². The number of rotatable bonds is 3. The lowest BCUT2D eigenvalue weighted by Gasteiger charge is -2.09. The number of nitrogens with one attached hydrogen (secondary N) is 1. The summed E-state index contributed by atoms with van der Waals surface area (Å²) in [7, 11) is 1.86. The minimum atomic E-state index is -0.0197. The summed E-state index contributed by atoms with van der Waals surface area (Å²) in [6.45, 7) is 0. The second-order valence-electron chi connectivity index (χ2n) is 2.79. The predicted octanol–water partition coefficient (Wildman–Crippen LogP) is 2.70. The average molecular weight is 229 g/mol. The molecule has 1 N–H and O–H groups in total. The molecule has 0 radical (unpaired) electrons. The zero-order valence-electron chi connectivity index (χ0n) is 7.53. The minimum Gasteiger partial charge on any atom is -0.448 e. The first-order chi connectivity index (χ1) is 6.81. The molecule has 0 amide bonds. The van der Waals surface area contributed by atoms with Crippen LogP contribution < -0.4 is 5.32 Å². The lowest BCUT2D eigenvalue weighted by atomic mass is 10.1. The van der Waals surface area contributed by atoms with Crippen molar-refractivity contribution in [3.8, 4) is 0 Å². The van der Waals surface area contributed by atoms with Gasteiger partial charge in [0.05, 0.1) is 5.69 Å². The predicted molar refractivity (Wildman–Crippen MR) is 56.7 cm³/mol. The summed E-state index contributed by atoms with van der Waals surface area (Å²) in [4.78, 5) is 0. The first kappa shape index (κ1) is 9.71. The summed E-state index contributed by atoms with van der Waals surface area (Å²) in [5.41, 5.74) is 0.948. The third kappa shape index (κ3) is 1.82. The molecule has 0 aliphatic rings. The number of furan rings is 1. The van der Waals surface area contributed by atoms with Gasteiger partial charge in [0.15, 0.2) is 5.22 Å². The minimum absolute atomic E-state index is 0.0197. The smallest absolute Gasteiger partial charge is 0.193 e. The van der Waals surface area contributed by atoms with Crippen LogP contribution in [0.5, 0.6) is 0 Å². The molecule has 0 fully saturated rings. The molecule has 14 heavy (non-hydrogen) atoms. The number of hydrogen-bond donors (Lipinski definition) is 1. The van der Waals surface area contributed by atoms with Crippen LogP contribution in [0.1, 0.15) is 17.5 Å². The van der Waals surface area contributed by atoms with Crippen LogP contribution >= 0.6 is 23.1 Å². The van der Waals surface area contributed by atoms with Crippen molar-refractivity contribution in [1.29, 1.82) is 0 Å². The first-order valence-corrected chi connectivity index (χ1v) is 5.35. The fourth-order valence-electron chi connectivity index (χ4n) is 1.29. The number of nitrogens with zero attached hydrogens (tertiary/aromatic N) is 1. The van der Waals surface area contributed by atoms with E-state index in [1.807, 2.05) is 24.6 Å². The van der Waals surface area contributed by atoms with E-state index >= 15 is 0 Å². The maximum absolute atomic E-state index is 5.71. The van der Waals surface area contributed by atoms with Crippen LogP contribution in [0, 0.1) is 0 Å². The van der Waals surface area contributed by atoms with Gasteiger partial charge in [0, 0.05) is 5.38 Å². The van der Waals surface area contributed by atoms with Crippen LogP contribution in [0.25, 0.3) is 0 Å². The van der Waals surface area contributed by atoms with Crippen molar-refractivity contribution in [2.75, 3.05) is 7.05 Å². The monoisotopic (exact) mass is 228 g/mol. The molecule has 0 saturated heterocycles. The van der Waals surface area contributed by atoms with E-state index in [4.69, 9.17) is 16.0 Å². The van der Waals surface area contributed by atoms with Crippen LogP contribution in [0.3, 0.4) is 0 Å². The van der Waals surface area contributed by atoms with E-state index in [2.05, 4.69) is 9.69 Å². The van der Waals surface area contributed by atoms with Crippen molar-refractivity contribution in [2.45, 2.75) is 6.04 Å². The number of hydrogen-bond acceptors (Lipinski definition) is 4. The van der Waals surface area contributed by atoms with E-state index in [1.165, 1.54) is 11.5 Å². The summed E-state index contributed by atoms with van der Waals surface area (Å²) < 4.78 is 9.58. The molecule has 5 heteroatoms. The van der Waals surface area contributed by atoms with E-state index < -0.39 is 0 Å². The molecule has 2 aromatic heterocycles. The van der Waals surface area contributed by atoms with Gasteiger partial charge in [-0.3, -0.25) is 0 Å². The molecule has 0 spiro atoms. The van der Waals surface area contributed by atoms with Gasteiger partial charge < -0.3 is 9.73 Å². The zero-order chi connectivity index (χ0) is 9.97. The van der Waals surface area contributed by atoms with Gasteiger partial charge in [-0.25, -0.2) is 0 Å². The quantitative estimate of drug-likeness (QED) is 0.878. The Labute approximate surface area is 90.9 Å². The molecule has 0 aliphatic carbocycles. The second kappa shape index (κ2) is 4.13. The lowest BCUT2D eigenvalue weighted by Crippen LogP contribution is -2.17. The fourth-order valence-corrected chi connectivity index (χ4v) is 1.99. The van der Waals surface area contributed by atoms with Gasteiger partial charge in [0.25, 0.3) is 0 Å². The summed E-state index contributed by atoms with van der Waals surface area (Å²) in [6.07, 6.45) is 0. The fraction of sp³-hybridized carbons (Fsp3) is 0.222. The van der Waals surface area contributed by atoms with Gasteiger partial charge in [-0.1, -0.05) is 0 Å². The highest BCUT2D eigenvalue weighted by Gasteiger charge is 2.17. The van der Waals surface area contributed by atoms with Gasteiger partial charge >= 0.3 is 0 Å². The maximum Gasteiger partial charge on any atom is 0.193 e. The topological polar surface area (TPSA) is 38.1 Å². The van der Waals surface area contributed by atoms with Crippen molar-refractivity contribution >= 4 is 23.1 Å². The molecule has 1 unspecified atom stereocenters. The lowest BCUT2D eigenvalue weighted by molar-refractivity contribution is 0.461. The van der Waals surface area contributed by atoms with Crippen molar-refractivity contribution in [3.05, 3.63) is 40.3 Å². The first-order valence-electron chi connectivity index (χ1n) is 4.14. The summed E-state index contributed by atoms with van der Waals surface area (Å²) in [5.74, 6) is 0.781. The standard InChI is InChI=1S/C9H9ClN2OS/c1-11-9(6-4-5-14-12-6)7-2-3-8(10)13-7/h2-5,9,11H,1H3. The zero-order valence-corrected chi connectivity index (χ0v) is 9.10. The highest BCUT2D eigenvalue weighted by atomic mass is 35.5. The Bertz CT molecular complexity index is 399. The second-order valence-corrected chi connectivity index (χ2v) is 3.83. The summed E-state index contributed by atoms with van der Waals surface area (Å²) in [6, 6.07) is 5.52. The molecule has 0 bridgehead atoms. The van der Waals surface area contributed by atoms with Gasteiger partial charge in [-0.05, 0) is 48.4 Å². The molecule has 2 aromatic rings. The molecule has 2 rings (SSSR count). The van der Waals surface area contributed by atoms with Crippen molar-refractivity contribution in [2.24, 2.45) is 0 Å². The van der Waals surface area contributed by atoms with Crippen LogP contribution in [0.4, 0.5) is 0 Å². The molecule has 3 nitrogen and oxygen atoms in total. The molecular formula is C9H9ClN2OS. The van der Waals surface area contributed by atoms with Crippen LogP contribution in [-0.4, -0.2) is 11.4 Å². The number of halogens is 1. The highest BCUT2D eigenvalue weighted by molar-refractivity contribution is 7.03. The Hall–Kier alpha value is -0.840. The maximum atomic E-state index is 5.71. The van der Waals surface area contributed by atoms with E-state index in [1.54, 1.807) is 6.07 Å². The van der Waals surface area contributed by atoms with E-state index in [9.17, 15) is 0 Å². The third-order valence-electron chi connectivity index (χ3n) is 1.92. The van der Waals surface area contributed by atoms with E-state index in [0.29, 0.717) is 5.22 Å². The SMILES string of the molecule is CNC(c1ccsn1)c1ccc(Cl)o1. The Morgan fingerprint density at radius 3 is 2.86 bits per heavy atom. The molecule has 0 aliphatic heterocycles. The van der Waals surface area contributed by atoms with Gasteiger partial charge in [-0.15, -0.1) is 0 Å². The Morgan fingerprint density at radius 2 is 2.36 bits per heavy atom. The largest absolute Gasteiger partial charge is 0.448 e. The van der Waals surface area contributed by atoms with Gasteiger partial charge in [-0.2, -0.15) is 4.37 Å². The average Bonchev–Trinajstić information content (AvgIpc) is 2.79. The van der Waals surface area contributed by atoms with Gasteiger partial charge in [0.1, 0.15) is 11.8 Å². The summed E-state index contributed by atoms with van der Waals surface area (Å²) >= 11 is 7.13. The van der Waals surface area contributed by atoms with Gasteiger partial charge in [0.2, 0.25) is 0 Å².